The fourth-order valence-electron chi connectivity index (χ4n) is 7.67. The molecule has 10 aromatic rings. The zero-order chi connectivity index (χ0) is 36.0. The van der Waals surface area contributed by atoms with Crippen LogP contribution < -0.4 is 0 Å². The van der Waals surface area contributed by atoms with E-state index in [2.05, 4.69) is 157 Å². The Morgan fingerprint density at radius 2 is 1.00 bits per heavy atom. The van der Waals surface area contributed by atoms with Crippen LogP contribution in [0.15, 0.2) is 164 Å². The lowest BCUT2D eigenvalue weighted by molar-refractivity contribution is 0.795. The molecule has 0 aliphatic carbocycles. The van der Waals surface area contributed by atoms with Crippen molar-refractivity contribution >= 4 is 53.3 Å². The highest BCUT2D eigenvalue weighted by Crippen LogP contribution is 2.43. The van der Waals surface area contributed by atoms with Crippen LogP contribution in [0, 0.1) is 0 Å². The van der Waals surface area contributed by atoms with Crippen molar-refractivity contribution in [2.45, 2.75) is 26.2 Å². The Morgan fingerprint density at radius 3 is 1.69 bits per heavy atom. The van der Waals surface area contributed by atoms with Crippen LogP contribution >= 0.6 is 11.3 Å². The number of hydrogen-bond acceptors (Lipinski definition) is 4. The lowest BCUT2D eigenvalue weighted by atomic mass is 10.0. The molecule has 0 spiro atoms. The third-order valence-corrected chi connectivity index (χ3v) is 11.7. The number of rotatable bonds is 8. The van der Waals surface area contributed by atoms with Crippen molar-refractivity contribution in [2.75, 3.05) is 0 Å². The fourth-order valence-corrected chi connectivity index (χ4v) is 8.91. The van der Waals surface area contributed by atoms with E-state index in [-0.39, 0.29) is 0 Å². The number of aryl methyl sites for hydroxylation is 1. The van der Waals surface area contributed by atoms with E-state index in [0.29, 0.717) is 17.5 Å². The van der Waals surface area contributed by atoms with Gasteiger partial charge in [0.25, 0.3) is 0 Å². The number of thiophene rings is 1. The quantitative estimate of drug-likeness (QED) is 0.158. The molecule has 0 atom stereocenters. The monoisotopic (exact) mass is 712 g/mol. The molecular weight excluding hydrogens is 677 g/mol. The van der Waals surface area contributed by atoms with Gasteiger partial charge >= 0.3 is 0 Å². The van der Waals surface area contributed by atoms with Gasteiger partial charge in [0.2, 0.25) is 0 Å². The molecule has 0 N–H and O–H groups in total. The van der Waals surface area contributed by atoms with Gasteiger partial charge in [-0.15, -0.1) is 11.3 Å². The summed E-state index contributed by atoms with van der Waals surface area (Å²) in [6.45, 7) is 2.24. The smallest absolute Gasteiger partial charge is 0.164 e. The van der Waals surface area contributed by atoms with Crippen molar-refractivity contribution in [1.82, 2.24) is 19.5 Å². The molecule has 0 saturated heterocycles. The summed E-state index contributed by atoms with van der Waals surface area (Å²) in [5.41, 5.74) is 10.1. The van der Waals surface area contributed by atoms with Gasteiger partial charge < -0.3 is 4.57 Å². The number of benzene rings is 7. The SMILES string of the molecule is CCCCc1ccc(-c2ccc(-c3nc(-c4ccccc4)nc(-c4ccc(-n5c6ccccc6c6ccc7c8ccccc8sc7c65)cc4)n3)cc2)cc1. The first-order valence-electron chi connectivity index (χ1n) is 18.7. The molecule has 0 fully saturated rings. The molecule has 0 radical (unpaired) electrons. The fraction of sp³-hybridized carbons (Fsp3) is 0.0816. The van der Waals surface area contributed by atoms with Crippen molar-refractivity contribution in [1.29, 1.82) is 0 Å². The van der Waals surface area contributed by atoms with Crippen molar-refractivity contribution in [3.8, 4) is 51.0 Å². The van der Waals surface area contributed by atoms with Gasteiger partial charge in [0, 0.05) is 48.6 Å². The second-order valence-electron chi connectivity index (χ2n) is 13.9. The molecule has 5 heteroatoms. The molecule has 0 aliphatic rings. The van der Waals surface area contributed by atoms with Gasteiger partial charge in [0.15, 0.2) is 17.5 Å². The average molecular weight is 713 g/mol. The summed E-state index contributed by atoms with van der Waals surface area (Å²) in [5, 5.41) is 5.11. The normalized spacial score (nSPS) is 11.6. The second-order valence-corrected chi connectivity index (χ2v) is 14.9. The molecule has 3 aromatic heterocycles. The van der Waals surface area contributed by atoms with E-state index in [1.807, 2.05) is 29.5 Å². The predicted molar refractivity (Wildman–Crippen MR) is 227 cm³/mol. The van der Waals surface area contributed by atoms with Crippen LogP contribution in [-0.2, 0) is 6.42 Å². The molecule has 0 bridgehead atoms. The summed E-state index contributed by atoms with van der Waals surface area (Å²) < 4.78 is 5.03. The summed E-state index contributed by atoms with van der Waals surface area (Å²) in [6.07, 6.45) is 3.55. The molecule has 10 rings (SSSR count). The number of para-hydroxylation sites is 1. The first-order valence-corrected chi connectivity index (χ1v) is 19.5. The van der Waals surface area contributed by atoms with Crippen molar-refractivity contribution in [3.63, 3.8) is 0 Å². The maximum atomic E-state index is 5.07. The third kappa shape index (κ3) is 5.65. The number of unbranched alkanes of at least 4 members (excludes halogenated alkanes) is 1. The van der Waals surface area contributed by atoms with Crippen LogP contribution in [-0.4, -0.2) is 19.5 Å². The Kier molecular flexibility index (Phi) is 8.07. The minimum Gasteiger partial charge on any atom is -0.308 e. The van der Waals surface area contributed by atoms with Gasteiger partial charge in [-0.1, -0.05) is 141 Å². The van der Waals surface area contributed by atoms with Gasteiger partial charge in [0.1, 0.15) is 0 Å². The second kappa shape index (κ2) is 13.5. The molecular formula is C49H36N4S. The van der Waals surface area contributed by atoms with E-state index in [1.165, 1.54) is 71.5 Å². The van der Waals surface area contributed by atoms with Crippen LogP contribution in [0.2, 0.25) is 0 Å². The number of fused-ring (bicyclic) bond motifs is 7. The summed E-state index contributed by atoms with van der Waals surface area (Å²) in [4.78, 5) is 15.1. The molecule has 7 aromatic carbocycles. The number of nitrogens with zero attached hydrogens (tertiary/aromatic N) is 4. The van der Waals surface area contributed by atoms with E-state index in [9.17, 15) is 0 Å². The summed E-state index contributed by atoms with van der Waals surface area (Å²) >= 11 is 1.87. The van der Waals surface area contributed by atoms with Crippen molar-refractivity contribution in [2.24, 2.45) is 0 Å². The van der Waals surface area contributed by atoms with E-state index in [0.717, 1.165) is 28.8 Å². The summed E-state index contributed by atoms with van der Waals surface area (Å²) in [6, 6.07) is 58.4. The number of aromatic nitrogens is 4. The van der Waals surface area contributed by atoms with Crippen LogP contribution in [0.1, 0.15) is 25.3 Å². The van der Waals surface area contributed by atoms with Gasteiger partial charge in [-0.05, 0) is 65.9 Å². The predicted octanol–water partition coefficient (Wildman–Crippen LogP) is 13.3. The van der Waals surface area contributed by atoms with E-state index < -0.39 is 0 Å². The summed E-state index contributed by atoms with van der Waals surface area (Å²) in [5.74, 6) is 1.95. The average Bonchev–Trinajstić information content (AvgIpc) is 3.80. The molecule has 258 valence electrons. The Balaban J connectivity index is 1.06. The molecule has 0 unspecified atom stereocenters. The van der Waals surface area contributed by atoms with Gasteiger partial charge in [-0.25, -0.2) is 15.0 Å². The topological polar surface area (TPSA) is 43.6 Å². The zero-order valence-electron chi connectivity index (χ0n) is 29.9. The van der Waals surface area contributed by atoms with E-state index in [1.54, 1.807) is 0 Å². The van der Waals surface area contributed by atoms with E-state index >= 15 is 0 Å². The first kappa shape index (κ1) is 32.2. The maximum Gasteiger partial charge on any atom is 0.164 e. The van der Waals surface area contributed by atoms with Crippen LogP contribution in [0.4, 0.5) is 0 Å². The molecule has 3 heterocycles. The van der Waals surface area contributed by atoms with Gasteiger partial charge in [-0.3, -0.25) is 0 Å². The molecule has 0 aliphatic heterocycles. The summed E-state index contributed by atoms with van der Waals surface area (Å²) in [7, 11) is 0. The first-order chi connectivity index (χ1) is 26.7. The largest absolute Gasteiger partial charge is 0.308 e. The van der Waals surface area contributed by atoms with Gasteiger partial charge in [0.05, 0.1) is 15.7 Å². The van der Waals surface area contributed by atoms with Gasteiger partial charge in [-0.2, -0.15) is 0 Å². The maximum absolute atomic E-state index is 5.07. The highest BCUT2D eigenvalue weighted by molar-refractivity contribution is 7.26. The molecule has 0 saturated carbocycles. The minimum absolute atomic E-state index is 0.645. The Bertz CT molecular complexity index is 2940. The Hall–Kier alpha value is -6.43. The molecule has 54 heavy (non-hydrogen) atoms. The molecule has 0 amide bonds. The third-order valence-electron chi connectivity index (χ3n) is 10.5. The Morgan fingerprint density at radius 1 is 0.463 bits per heavy atom. The minimum atomic E-state index is 0.645. The highest BCUT2D eigenvalue weighted by Gasteiger charge is 2.18. The van der Waals surface area contributed by atoms with Crippen LogP contribution in [0.5, 0.6) is 0 Å². The van der Waals surface area contributed by atoms with Crippen LogP contribution in [0.25, 0.3) is 93.0 Å². The standard InChI is InChI=1S/C49H36N4S/c1-2-3-11-32-18-20-33(21-19-32)34-22-24-36(25-23-34)48-50-47(35-12-5-4-6-13-35)51-49(52-48)37-26-28-38(29-27-37)53-43-16-9-7-14-39(43)41-30-31-42-40-15-8-10-17-44(40)54-46(42)45(41)53/h4-10,12-31H,2-3,11H2,1H3. The lowest BCUT2D eigenvalue weighted by Crippen LogP contribution is -2.00. The van der Waals surface area contributed by atoms with Crippen molar-refractivity contribution in [3.05, 3.63) is 169 Å². The molecule has 4 nitrogen and oxygen atoms in total. The number of hydrogen-bond donors (Lipinski definition) is 0. The van der Waals surface area contributed by atoms with Crippen molar-refractivity contribution < 1.29 is 0 Å². The zero-order valence-corrected chi connectivity index (χ0v) is 30.7. The lowest BCUT2D eigenvalue weighted by Gasteiger charge is -2.11. The highest BCUT2D eigenvalue weighted by atomic mass is 32.1. The Labute approximate surface area is 318 Å². The van der Waals surface area contributed by atoms with Crippen LogP contribution in [0.3, 0.4) is 0 Å². The van der Waals surface area contributed by atoms with E-state index in [4.69, 9.17) is 15.0 Å².